The Kier molecular flexibility index (Phi) is 16.5. The van der Waals surface area contributed by atoms with Crippen molar-refractivity contribution < 1.29 is 43.4 Å². The van der Waals surface area contributed by atoms with E-state index in [4.69, 9.17) is 18.4 Å². The molecule has 9 nitrogen and oxygen atoms in total. The first-order valence-corrected chi connectivity index (χ1v) is 19.0. The zero-order valence-corrected chi connectivity index (χ0v) is 25.1. The van der Waals surface area contributed by atoms with E-state index in [9.17, 15) is 24.9 Å². The number of hydrogen-bond acceptors (Lipinski definition) is 7. The highest BCUT2D eigenvalue weighted by molar-refractivity contribution is 6.81. The van der Waals surface area contributed by atoms with Crippen LogP contribution in [0, 0.1) is 0 Å². The summed E-state index contributed by atoms with van der Waals surface area (Å²) in [4.78, 5) is 19.2. The molecule has 0 spiro atoms. The fraction of sp³-hybridized carbons (Fsp3) is 0.714. The molecule has 0 aliphatic rings. The highest BCUT2D eigenvalue weighted by Crippen LogP contribution is 2.33. The summed E-state index contributed by atoms with van der Waals surface area (Å²) in [5.41, 5.74) is -1.27. The summed E-state index contributed by atoms with van der Waals surface area (Å²) >= 11 is 0. The van der Waals surface area contributed by atoms with Crippen molar-refractivity contribution >= 4 is 37.9 Å². The summed E-state index contributed by atoms with van der Waals surface area (Å²) in [7, 11) is -6.49. The molecule has 2 atom stereocenters. The molecule has 33 heavy (non-hydrogen) atoms. The number of hydrogen-bond donors (Lipinski definition) is 5. The molecule has 0 bridgehead atoms. The van der Waals surface area contributed by atoms with E-state index in [1.165, 1.54) is 20.8 Å². The van der Waals surface area contributed by atoms with Crippen LogP contribution in [-0.2, 0) is 17.8 Å². The molecule has 0 aliphatic heterocycles. The molecule has 0 heterocycles. The van der Waals surface area contributed by atoms with Crippen LogP contribution in [0.15, 0.2) is 24.3 Å². The molecule has 0 saturated heterocycles. The van der Waals surface area contributed by atoms with Gasteiger partial charge in [-0.05, 0) is 66.5 Å². The van der Waals surface area contributed by atoms with Gasteiger partial charge in [0.25, 0.3) is 0 Å². The van der Waals surface area contributed by atoms with E-state index in [0.29, 0.717) is 12.8 Å². The highest BCUT2D eigenvalue weighted by Gasteiger charge is 2.55. The predicted octanol–water partition coefficient (Wildman–Crippen LogP) is 3.02. The topological polar surface area (TPSA) is 154 Å². The second-order valence-corrected chi connectivity index (χ2v) is 22.0. The monoisotopic (exact) mass is 526 g/mol. The Morgan fingerprint density at radius 1 is 0.879 bits per heavy atom. The number of aliphatic hydroxyl groups excluding tert-OH is 1. The van der Waals surface area contributed by atoms with Crippen LogP contribution in [0.25, 0.3) is 0 Å². The van der Waals surface area contributed by atoms with Gasteiger partial charge in [-0.3, -0.25) is 0 Å². The largest absolute Gasteiger partial charge is 0.478 e. The molecule has 0 saturated carbocycles. The van der Waals surface area contributed by atoms with Gasteiger partial charge in [0.1, 0.15) is 10.8 Å². The van der Waals surface area contributed by atoms with E-state index in [-0.39, 0.29) is 11.1 Å². The molecule has 12 heteroatoms. The number of carbonyl (C=O) groups is 2. The zero-order chi connectivity index (χ0) is 27.4. The van der Waals surface area contributed by atoms with Crippen LogP contribution in [0.2, 0.25) is 39.3 Å². The number of carboxylic acids is 2. The van der Waals surface area contributed by atoms with Crippen molar-refractivity contribution in [2.75, 3.05) is 6.61 Å². The summed E-state index contributed by atoms with van der Waals surface area (Å²) in [5.74, 6) is -1.87. The van der Waals surface area contributed by atoms with Crippen LogP contribution in [0.1, 0.15) is 40.5 Å². The minimum atomic E-state index is -2.61. The zero-order valence-electron chi connectivity index (χ0n) is 22.0. The van der Waals surface area contributed by atoms with Crippen LogP contribution in [-0.4, -0.2) is 80.8 Å². The van der Waals surface area contributed by atoms with Crippen molar-refractivity contribution in [3.63, 3.8) is 0 Å². The lowest BCUT2D eigenvalue weighted by Crippen LogP contribution is -2.68. The second-order valence-electron chi connectivity index (χ2n) is 10.1. The lowest BCUT2D eigenvalue weighted by atomic mass is 9.95. The van der Waals surface area contributed by atoms with Crippen molar-refractivity contribution in [3.8, 4) is 0 Å². The Bertz CT molecular complexity index is 588. The third-order valence-electron chi connectivity index (χ3n) is 3.91. The quantitative estimate of drug-likeness (QED) is 0.202. The fourth-order valence-electron chi connectivity index (χ4n) is 2.02. The second kappa shape index (κ2) is 15.0. The molecule has 0 radical (unpaired) electrons. The SMILES string of the molecule is C=C(C)C(=O)O.C=C(C)C(=O)O.CCCC(O)([SiH](O[Si](C)(C)C)O[Si](C)(C)C)C(C)(O)CO. The first-order chi connectivity index (χ1) is 14.5. The Balaban J connectivity index is -0.000000611. The van der Waals surface area contributed by atoms with E-state index in [0.717, 1.165) is 0 Å². The van der Waals surface area contributed by atoms with Gasteiger partial charge < -0.3 is 33.8 Å². The van der Waals surface area contributed by atoms with Gasteiger partial charge in [0.15, 0.2) is 16.6 Å². The minimum Gasteiger partial charge on any atom is -0.478 e. The van der Waals surface area contributed by atoms with E-state index in [1.807, 2.05) is 46.2 Å². The van der Waals surface area contributed by atoms with Gasteiger partial charge in [0.2, 0.25) is 0 Å². The molecule has 0 aromatic carbocycles. The van der Waals surface area contributed by atoms with Gasteiger partial charge in [-0.1, -0.05) is 26.5 Å². The molecular weight excluding hydrogens is 480 g/mol. The smallest absolute Gasteiger partial charge is 0.336 e. The van der Waals surface area contributed by atoms with Crippen molar-refractivity contribution in [3.05, 3.63) is 24.3 Å². The summed E-state index contributed by atoms with van der Waals surface area (Å²) in [6, 6.07) is 0. The molecule has 5 N–H and O–H groups in total. The Morgan fingerprint density at radius 3 is 1.30 bits per heavy atom. The van der Waals surface area contributed by atoms with Crippen LogP contribution in [0.5, 0.6) is 0 Å². The van der Waals surface area contributed by atoms with E-state index in [1.54, 1.807) is 0 Å². The third-order valence-corrected chi connectivity index (χ3v) is 13.0. The highest BCUT2D eigenvalue weighted by atomic mass is 28.4. The Labute approximate surface area is 202 Å². The average Bonchev–Trinajstić information content (AvgIpc) is 2.59. The van der Waals surface area contributed by atoms with Crippen molar-refractivity contribution in [2.45, 2.75) is 90.6 Å². The Hall–Kier alpha value is -1.13. The first kappa shape index (κ1) is 36.4. The van der Waals surface area contributed by atoms with Crippen LogP contribution >= 0.6 is 0 Å². The van der Waals surface area contributed by atoms with Crippen molar-refractivity contribution in [1.29, 1.82) is 0 Å². The lowest BCUT2D eigenvalue weighted by Gasteiger charge is -2.47. The van der Waals surface area contributed by atoms with Gasteiger partial charge >= 0.3 is 21.2 Å². The lowest BCUT2D eigenvalue weighted by molar-refractivity contribution is -0.133. The van der Waals surface area contributed by atoms with Gasteiger partial charge in [0.05, 0.1) is 6.61 Å². The molecule has 0 aromatic rings. The Morgan fingerprint density at radius 2 is 1.15 bits per heavy atom. The standard InChI is InChI=1S/C13H34O5Si3.2C4H6O2/c1-9-10-13(16,12(2,15)11-14)19(17-20(3,4)5)18-21(6,7)8;2*1-3(2)4(5)6/h14-16,19H,9-11H2,1-8H3;2*1H2,2H3,(H,5,6). The predicted molar refractivity (Wildman–Crippen MR) is 138 cm³/mol. The van der Waals surface area contributed by atoms with Crippen LogP contribution < -0.4 is 0 Å². The number of rotatable bonds is 11. The molecule has 0 aromatic heterocycles. The summed E-state index contributed by atoms with van der Waals surface area (Å²) in [6.45, 7) is 24.3. The number of aliphatic hydroxyl groups is 3. The molecule has 0 amide bonds. The molecular formula is C21H46O9Si3. The minimum absolute atomic E-state index is 0.176. The summed E-state index contributed by atoms with van der Waals surface area (Å²) in [5, 5.41) is 45.5. The van der Waals surface area contributed by atoms with Gasteiger partial charge in [-0.15, -0.1) is 0 Å². The van der Waals surface area contributed by atoms with Crippen molar-refractivity contribution in [1.82, 2.24) is 0 Å². The van der Waals surface area contributed by atoms with Gasteiger partial charge in [-0.2, -0.15) is 0 Å². The molecule has 0 fully saturated rings. The van der Waals surface area contributed by atoms with E-state index < -0.39 is 55.3 Å². The molecule has 0 rings (SSSR count). The first-order valence-electron chi connectivity index (χ1n) is 10.7. The van der Waals surface area contributed by atoms with Gasteiger partial charge in [0, 0.05) is 11.1 Å². The maximum atomic E-state index is 11.2. The molecule has 0 aliphatic carbocycles. The van der Waals surface area contributed by atoms with E-state index >= 15 is 0 Å². The van der Waals surface area contributed by atoms with Crippen LogP contribution in [0.4, 0.5) is 0 Å². The van der Waals surface area contributed by atoms with E-state index in [2.05, 4.69) is 13.2 Å². The van der Waals surface area contributed by atoms with Crippen LogP contribution in [0.3, 0.4) is 0 Å². The number of aliphatic carboxylic acids is 2. The average molecular weight is 527 g/mol. The fourth-order valence-corrected chi connectivity index (χ4v) is 10.5. The maximum Gasteiger partial charge on any atom is 0.336 e. The third kappa shape index (κ3) is 17.0. The number of carboxylic acid groups (broad SMARTS) is 2. The summed E-state index contributed by atoms with van der Waals surface area (Å²) < 4.78 is 12.4. The maximum absolute atomic E-state index is 11.2. The normalized spacial score (nSPS) is 15.1. The summed E-state index contributed by atoms with van der Waals surface area (Å²) in [6.07, 6.45) is 1.03. The molecule has 2 unspecified atom stereocenters. The van der Waals surface area contributed by atoms with Crippen molar-refractivity contribution in [2.24, 2.45) is 0 Å². The molecule has 196 valence electrons. The van der Waals surface area contributed by atoms with Gasteiger partial charge in [-0.25, -0.2) is 9.59 Å².